The number of carbonyl (C=O) groups is 1. The summed E-state index contributed by atoms with van der Waals surface area (Å²) in [6.07, 6.45) is 2.47. The number of piperidine rings is 1. The molecule has 1 aromatic heterocycles. The Hall–Kier alpha value is -1.68. The molecule has 0 amide bonds. The minimum Gasteiger partial charge on any atom is -0.466 e. The Kier molecular flexibility index (Phi) is 10.0. The molecule has 6 nitrogen and oxygen atoms in total. The Labute approximate surface area is 200 Å². The second kappa shape index (κ2) is 12.2. The summed E-state index contributed by atoms with van der Waals surface area (Å²) in [5.41, 5.74) is 3.52. The van der Waals surface area contributed by atoms with Gasteiger partial charge in [0.25, 0.3) is 0 Å². The number of ether oxygens (including phenoxy) is 1. The van der Waals surface area contributed by atoms with Gasteiger partial charge in [-0.2, -0.15) is 0 Å². The van der Waals surface area contributed by atoms with E-state index in [9.17, 15) is 4.79 Å². The van der Waals surface area contributed by atoms with Crippen LogP contribution in [0.25, 0.3) is 10.6 Å². The number of nitrogens with zero attached hydrogens (tertiary/aromatic N) is 3. The molecule has 3 rings (SSSR count). The summed E-state index contributed by atoms with van der Waals surface area (Å²) in [4.78, 5) is 23.3. The number of thiazole rings is 1. The van der Waals surface area contributed by atoms with Crippen LogP contribution in [0.1, 0.15) is 31.0 Å². The Balaban J connectivity index is 0.00000320. The SMILES string of the molecule is CCOC(=O)C1CCN(C(=NC)NCCc2csc(-c3ccc(C)cc3)n2)CC1.I. The maximum Gasteiger partial charge on any atom is 0.309 e. The number of esters is 1. The molecular formula is C22H31IN4O2S. The average Bonchev–Trinajstić information content (AvgIpc) is 3.21. The molecule has 0 aliphatic carbocycles. The van der Waals surface area contributed by atoms with Gasteiger partial charge in [0.05, 0.1) is 18.2 Å². The highest BCUT2D eigenvalue weighted by atomic mass is 127. The number of likely N-dealkylation sites (tertiary alicyclic amines) is 1. The molecular weight excluding hydrogens is 511 g/mol. The van der Waals surface area contributed by atoms with Gasteiger partial charge in [0.2, 0.25) is 0 Å². The standard InChI is InChI=1S/C22H30N4O2S.HI/c1-4-28-21(27)18-10-13-26(14-11-18)22(23-3)24-12-9-19-15-29-20(25-19)17-7-5-16(2)6-8-17;/h5-8,15,18H,4,9-14H2,1-3H3,(H,23,24);1H. The first-order valence-electron chi connectivity index (χ1n) is 10.2. The van der Waals surface area contributed by atoms with Gasteiger partial charge in [0.1, 0.15) is 5.01 Å². The third-order valence-electron chi connectivity index (χ3n) is 5.14. The molecule has 1 aliphatic heterocycles. The second-order valence-electron chi connectivity index (χ2n) is 7.25. The summed E-state index contributed by atoms with van der Waals surface area (Å²) in [7, 11) is 1.80. The number of aromatic nitrogens is 1. The lowest BCUT2D eigenvalue weighted by Crippen LogP contribution is -2.47. The number of benzene rings is 1. The highest BCUT2D eigenvalue weighted by molar-refractivity contribution is 14.0. The van der Waals surface area contributed by atoms with Gasteiger partial charge in [0, 0.05) is 44.0 Å². The number of aryl methyl sites for hydroxylation is 1. The molecule has 8 heteroatoms. The largest absolute Gasteiger partial charge is 0.466 e. The minimum atomic E-state index is -0.0667. The summed E-state index contributed by atoms with van der Waals surface area (Å²) < 4.78 is 5.15. The molecule has 2 aromatic rings. The van der Waals surface area contributed by atoms with E-state index in [2.05, 4.69) is 51.8 Å². The Bertz CT molecular complexity index is 830. The number of hydrogen-bond donors (Lipinski definition) is 1. The zero-order chi connectivity index (χ0) is 20.6. The summed E-state index contributed by atoms with van der Waals surface area (Å²) in [5.74, 6) is 0.837. The van der Waals surface area contributed by atoms with Crippen LogP contribution in [0.15, 0.2) is 34.6 Å². The zero-order valence-corrected chi connectivity index (χ0v) is 21.0. The first-order valence-corrected chi connectivity index (χ1v) is 11.1. The van der Waals surface area contributed by atoms with E-state index in [1.54, 1.807) is 18.4 Å². The van der Waals surface area contributed by atoms with Gasteiger partial charge in [-0.05, 0) is 26.7 Å². The van der Waals surface area contributed by atoms with Crippen molar-refractivity contribution in [2.75, 3.05) is 33.3 Å². The van der Waals surface area contributed by atoms with Crippen molar-refractivity contribution in [1.29, 1.82) is 0 Å². The van der Waals surface area contributed by atoms with Crippen molar-refractivity contribution >= 4 is 47.2 Å². The van der Waals surface area contributed by atoms with Gasteiger partial charge in [0.15, 0.2) is 5.96 Å². The quantitative estimate of drug-likeness (QED) is 0.258. The van der Waals surface area contributed by atoms with E-state index < -0.39 is 0 Å². The number of halogens is 1. The molecule has 0 saturated carbocycles. The molecule has 0 unspecified atom stereocenters. The number of carbonyl (C=O) groups excluding carboxylic acids is 1. The lowest BCUT2D eigenvalue weighted by Gasteiger charge is -2.33. The van der Waals surface area contributed by atoms with E-state index in [1.165, 1.54) is 11.1 Å². The summed E-state index contributed by atoms with van der Waals surface area (Å²) in [6.45, 7) is 6.81. The molecule has 164 valence electrons. The van der Waals surface area contributed by atoms with Crippen molar-refractivity contribution in [3.63, 3.8) is 0 Å². The maximum absolute atomic E-state index is 11.9. The van der Waals surface area contributed by atoms with Gasteiger partial charge in [-0.15, -0.1) is 35.3 Å². The number of hydrogen-bond acceptors (Lipinski definition) is 5. The first-order chi connectivity index (χ1) is 14.1. The van der Waals surface area contributed by atoms with Crippen molar-refractivity contribution in [2.24, 2.45) is 10.9 Å². The Morgan fingerprint density at radius 2 is 2.00 bits per heavy atom. The molecule has 1 saturated heterocycles. The lowest BCUT2D eigenvalue weighted by molar-refractivity contribution is -0.149. The fourth-order valence-electron chi connectivity index (χ4n) is 3.47. The zero-order valence-electron chi connectivity index (χ0n) is 17.9. The van der Waals surface area contributed by atoms with Crippen molar-refractivity contribution in [3.8, 4) is 10.6 Å². The summed E-state index contributed by atoms with van der Waals surface area (Å²) in [5, 5.41) is 6.63. The van der Waals surface area contributed by atoms with Crippen LogP contribution in [0.5, 0.6) is 0 Å². The Morgan fingerprint density at radius 3 is 2.63 bits per heavy atom. The van der Waals surface area contributed by atoms with Gasteiger partial charge in [-0.3, -0.25) is 9.79 Å². The van der Waals surface area contributed by atoms with Crippen LogP contribution < -0.4 is 5.32 Å². The van der Waals surface area contributed by atoms with Crippen LogP contribution in [0.2, 0.25) is 0 Å². The molecule has 1 N–H and O–H groups in total. The van der Waals surface area contributed by atoms with Gasteiger partial charge in [-0.1, -0.05) is 29.8 Å². The van der Waals surface area contributed by atoms with Gasteiger partial charge in [-0.25, -0.2) is 4.98 Å². The third-order valence-corrected chi connectivity index (χ3v) is 6.08. The monoisotopic (exact) mass is 542 g/mol. The third kappa shape index (κ3) is 6.66. The topological polar surface area (TPSA) is 66.8 Å². The molecule has 0 radical (unpaired) electrons. The van der Waals surface area contributed by atoms with E-state index in [-0.39, 0.29) is 35.9 Å². The van der Waals surface area contributed by atoms with Crippen molar-refractivity contribution in [2.45, 2.75) is 33.1 Å². The van der Waals surface area contributed by atoms with Gasteiger partial charge < -0.3 is 15.0 Å². The molecule has 30 heavy (non-hydrogen) atoms. The highest BCUT2D eigenvalue weighted by Gasteiger charge is 2.27. The van der Waals surface area contributed by atoms with E-state index in [0.29, 0.717) is 6.61 Å². The number of nitrogens with one attached hydrogen (secondary N) is 1. The molecule has 0 spiro atoms. The molecule has 1 aliphatic rings. The summed E-state index contributed by atoms with van der Waals surface area (Å²) in [6, 6.07) is 8.48. The minimum absolute atomic E-state index is 0. The van der Waals surface area contributed by atoms with Crippen LogP contribution in [0.3, 0.4) is 0 Å². The fraction of sp³-hybridized carbons (Fsp3) is 0.500. The molecule has 0 atom stereocenters. The number of rotatable bonds is 6. The Morgan fingerprint density at radius 1 is 1.30 bits per heavy atom. The molecule has 2 heterocycles. The van der Waals surface area contributed by atoms with Crippen LogP contribution in [0.4, 0.5) is 0 Å². The number of aliphatic imine (C=N–C) groups is 1. The van der Waals surface area contributed by atoms with E-state index in [0.717, 1.165) is 55.6 Å². The maximum atomic E-state index is 11.9. The van der Waals surface area contributed by atoms with Crippen molar-refractivity contribution in [3.05, 3.63) is 40.9 Å². The fourth-order valence-corrected chi connectivity index (χ4v) is 4.33. The summed E-state index contributed by atoms with van der Waals surface area (Å²) >= 11 is 1.68. The smallest absolute Gasteiger partial charge is 0.309 e. The molecule has 0 bridgehead atoms. The average molecular weight is 542 g/mol. The van der Waals surface area contributed by atoms with Crippen LogP contribution in [0, 0.1) is 12.8 Å². The van der Waals surface area contributed by atoms with Gasteiger partial charge >= 0.3 is 5.97 Å². The van der Waals surface area contributed by atoms with Crippen LogP contribution in [-0.2, 0) is 16.0 Å². The van der Waals surface area contributed by atoms with E-state index >= 15 is 0 Å². The predicted molar refractivity (Wildman–Crippen MR) is 134 cm³/mol. The van der Waals surface area contributed by atoms with Crippen LogP contribution in [-0.4, -0.2) is 55.1 Å². The molecule has 1 aromatic carbocycles. The molecule has 1 fully saturated rings. The van der Waals surface area contributed by atoms with Crippen molar-refractivity contribution < 1.29 is 9.53 Å². The first kappa shape index (κ1) is 24.6. The van der Waals surface area contributed by atoms with Crippen molar-refractivity contribution in [1.82, 2.24) is 15.2 Å². The normalized spacial score (nSPS) is 14.9. The second-order valence-corrected chi connectivity index (χ2v) is 8.11. The number of guanidine groups is 1. The lowest BCUT2D eigenvalue weighted by atomic mass is 9.97. The van der Waals surface area contributed by atoms with E-state index in [1.807, 2.05) is 6.92 Å². The van der Waals surface area contributed by atoms with Crippen LogP contribution >= 0.6 is 35.3 Å². The predicted octanol–water partition coefficient (Wildman–Crippen LogP) is 4.13. The highest BCUT2D eigenvalue weighted by Crippen LogP contribution is 2.24. The van der Waals surface area contributed by atoms with E-state index in [4.69, 9.17) is 9.72 Å².